The molecule has 21 heavy (non-hydrogen) atoms. The Balaban J connectivity index is 1.92. The third-order valence-electron chi connectivity index (χ3n) is 3.93. The molecule has 5 heteroatoms. The zero-order chi connectivity index (χ0) is 15.3. The van der Waals surface area contributed by atoms with Crippen LogP contribution < -0.4 is 10.1 Å². The molecule has 0 radical (unpaired) electrons. The number of ether oxygens (including phenoxy) is 1. The van der Waals surface area contributed by atoms with Crippen LogP contribution in [0.3, 0.4) is 0 Å². The second-order valence-electron chi connectivity index (χ2n) is 5.83. The number of anilines is 1. The number of nitrogens with one attached hydrogen (secondary N) is 1. The van der Waals surface area contributed by atoms with Gasteiger partial charge in [-0.1, -0.05) is 13.3 Å². The molecule has 1 aliphatic carbocycles. The van der Waals surface area contributed by atoms with E-state index in [1.54, 1.807) is 0 Å². The Hall–Kier alpha value is -1.23. The average molecular weight is 311 g/mol. The van der Waals surface area contributed by atoms with Gasteiger partial charge < -0.3 is 10.1 Å². The van der Waals surface area contributed by atoms with Gasteiger partial charge in [0.05, 0.1) is 11.9 Å². The Morgan fingerprint density at radius 3 is 2.57 bits per heavy atom. The topological polar surface area (TPSA) is 55.4 Å². The molecule has 1 aromatic carbocycles. The van der Waals surface area contributed by atoms with Crippen LogP contribution in [0.1, 0.15) is 39.0 Å². The van der Waals surface area contributed by atoms with E-state index in [9.17, 15) is 8.42 Å². The summed E-state index contributed by atoms with van der Waals surface area (Å²) >= 11 is 0. The summed E-state index contributed by atoms with van der Waals surface area (Å²) in [5.74, 6) is 0.875. The molecule has 2 atom stereocenters. The van der Waals surface area contributed by atoms with Crippen molar-refractivity contribution in [2.45, 2.75) is 50.3 Å². The number of hydrogen-bond donors (Lipinski definition) is 1. The van der Waals surface area contributed by atoms with Crippen LogP contribution in [0.5, 0.6) is 5.75 Å². The van der Waals surface area contributed by atoms with E-state index in [1.807, 2.05) is 24.3 Å². The highest BCUT2D eigenvalue weighted by Crippen LogP contribution is 2.27. The molecule has 118 valence electrons. The van der Waals surface area contributed by atoms with Crippen LogP contribution in [-0.4, -0.2) is 32.6 Å². The summed E-state index contributed by atoms with van der Waals surface area (Å²) < 4.78 is 28.9. The van der Waals surface area contributed by atoms with Crippen molar-refractivity contribution in [1.82, 2.24) is 0 Å². The van der Waals surface area contributed by atoms with Gasteiger partial charge >= 0.3 is 0 Å². The van der Waals surface area contributed by atoms with Crippen LogP contribution >= 0.6 is 0 Å². The lowest BCUT2D eigenvalue weighted by Crippen LogP contribution is -2.34. The van der Waals surface area contributed by atoms with Crippen molar-refractivity contribution in [2.24, 2.45) is 0 Å². The average Bonchev–Trinajstić information content (AvgIpc) is 2.46. The normalized spacial score (nSPS) is 22.8. The molecule has 2 rings (SSSR count). The molecule has 1 saturated carbocycles. The minimum Gasteiger partial charge on any atom is -0.494 e. The lowest BCUT2D eigenvalue weighted by molar-refractivity contribution is 0.317. The van der Waals surface area contributed by atoms with E-state index >= 15 is 0 Å². The van der Waals surface area contributed by atoms with Crippen LogP contribution in [0.25, 0.3) is 0 Å². The van der Waals surface area contributed by atoms with E-state index in [-0.39, 0.29) is 11.3 Å². The summed E-state index contributed by atoms with van der Waals surface area (Å²) in [5, 5.41) is 3.25. The highest BCUT2D eigenvalue weighted by Gasteiger charge is 2.28. The van der Waals surface area contributed by atoms with Crippen LogP contribution in [-0.2, 0) is 9.84 Å². The van der Waals surface area contributed by atoms with E-state index in [4.69, 9.17) is 4.74 Å². The second kappa shape index (κ2) is 7.16. The number of benzene rings is 1. The Kier molecular flexibility index (Phi) is 5.51. The zero-order valence-corrected chi connectivity index (χ0v) is 13.7. The van der Waals surface area contributed by atoms with Crippen LogP contribution in [0.4, 0.5) is 5.69 Å². The van der Waals surface area contributed by atoms with Gasteiger partial charge in [0.2, 0.25) is 0 Å². The molecule has 0 aromatic heterocycles. The summed E-state index contributed by atoms with van der Waals surface area (Å²) in [5.41, 5.74) is 1.03. The van der Waals surface area contributed by atoms with Crippen LogP contribution in [0, 0.1) is 0 Å². The molecule has 0 amide bonds. The molecule has 1 aromatic rings. The third-order valence-corrected chi connectivity index (χ3v) is 5.57. The van der Waals surface area contributed by atoms with Crippen molar-refractivity contribution in [3.63, 3.8) is 0 Å². The van der Waals surface area contributed by atoms with Crippen molar-refractivity contribution in [2.75, 3.05) is 18.2 Å². The van der Waals surface area contributed by atoms with Gasteiger partial charge in [-0.3, -0.25) is 0 Å². The first-order valence-electron chi connectivity index (χ1n) is 7.67. The quantitative estimate of drug-likeness (QED) is 0.876. The number of rotatable bonds is 6. The maximum atomic E-state index is 11.7. The van der Waals surface area contributed by atoms with Gasteiger partial charge in [0.15, 0.2) is 0 Å². The van der Waals surface area contributed by atoms with Crippen LogP contribution in [0.15, 0.2) is 24.3 Å². The Morgan fingerprint density at radius 2 is 1.95 bits per heavy atom. The lowest BCUT2D eigenvalue weighted by atomic mass is 9.95. The molecule has 4 nitrogen and oxygen atoms in total. The fourth-order valence-electron chi connectivity index (χ4n) is 2.77. The fraction of sp³-hybridized carbons (Fsp3) is 0.625. The summed E-state index contributed by atoms with van der Waals surface area (Å²) in [7, 11) is -2.93. The van der Waals surface area contributed by atoms with Gasteiger partial charge in [-0.15, -0.1) is 0 Å². The Morgan fingerprint density at radius 1 is 1.24 bits per heavy atom. The summed E-state index contributed by atoms with van der Waals surface area (Å²) in [4.78, 5) is 0. The summed E-state index contributed by atoms with van der Waals surface area (Å²) in [6.07, 6.45) is 5.83. The molecule has 0 bridgehead atoms. The van der Waals surface area contributed by atoms with Gasteiger partial charge in [-0.05, 0) is 49.9 Å². The zero-order valence-electron chi connectivity index (χ0n) is 12.8. The fourth-order valence-corrected chi connectivity index (χ4v) is 3.94. The van der Waals surface area contributed by atoms with Crippen molar-refractivity contribution < 1.29 is 13.2 Å². The Bertz CT molecular complexity index is 539. The van der Waals surface area contributed by atoms with Gasteiger partial charge in [-0.2, -0.15) is 0 Å². The smallest absolute Gasteiger partial charge is 0.150 e. The molecule has 0 aliphatic heterocycles. The minimum absolute atomic E-state index is 0.198. The molecule has 2 unspecified atom stereocenters. The minimum atomic E-state index is -2.93. The predicted molar refractivity (Wildman–Crippen MR) is 86.7 cm³/mol. The van der Waals surface area contributed by atoms with Crippen LogP contribution in [0.2, 0.25) is 0 Å². The molecule has 0 spiro atoms. The number of sulfone groups is 1. The van der Waals surface area contributed by atoms with E-state index in [0.29, 0.717) is 6.42 Å². The van der Waals surface area contributed by atoms with Crippen molar-refractivity contribution in [1.29, 1.82) is 0 Å². The highest BCUT2D eigenvalue weighted by atomic mass is 32.2. The molecular formula is C16H25NO3S. The first-order valence-corrected chi connectivity index (χ1v) is 9.62. The molecule has 0 heterocycles. The van der Waals surface area contributed by atoms with Gasteiger partial charge in [0, 0.05) is 18.0 Å². The summed E-state index contributed by atoms with van der Waals surface area (Å²) in [6, 6.07) is 8.13. The first-order chi connectivity index (χ1) is 9.99. The van der Waals surface area contributed by atoms with E-state index in [0.717, 1.165) is 43.7 Å². The van der Waals surface area contributed by atoms with E-state index in [2.05, 4.69) is 12.2 Å². The number of hydrogen-bond acceptors (Lipinski definition) is 4. The molecule has 1 fully saturated rings. The first kappa shape index (κ1) is 16.1. The molecular weight excluding hydrogens is 286 g/mol. The standard InChI is InChI=1S/C16H25NO3S/c1-3-11-20-15-9-7-13(8-10-15)17-14-5-4-6-16(12-14)21(2,18)19/h7-10,14,16-17H,3-6,11-12H2,1-2H3. The maximum Gasteiger partial charge on any atom is 0.150 e. The van der Waals surface area contributed by atoms with Crippen molar-refractivity contribution in [3.05, 3.63) is 24.3 Å². The lowest BCUT2D eigenvalue weighted by Gasteiger charge is -2.29. The molecule has 0 saturated heterocycles. The third kappa shape index (κ3) is 4.92. The van der Waals surface area contributed by atoms with E-state index < -0.39 is 9.84 Å². The molecule has 1 aliphatic rings. The predicted octanol–water partition coefficient (Wildman–Crippen LogP) is 3.24. The van der Waals surface area contributed by atoms with E-state index in [1.165, 1.54) is 6.26 Å². The monoisotopic (exact) mass is 311 g/mol. The van der Waals surface area contributed by atoms with Crippen molar-refractivity contribution >= 4 is 15.5 Å². The Labute approximate surface area is 127 Å². The summed E-state index contributed by atoms with van der Waals surface area (Å²) in [6.45, 7) is 2.81. The second-order valence-corrected chi connectivity index (χ2v) is 8.16. The largest absolute Gasteiger partial charge is 0.494 e. The highest BCUT2D eigenvalue weighted by molar-refractivity contribution is 7.91. The SMILES string of the molecule is CCCOc1ccc(NC2CCCC(S(C)(=O)=O)C2)cc1. The molecule has 1 N–H and O–H groups in total. The van der Waals surface area contributed by atoms with Gasteiger partial charge in [-0.25, -0.2) is 8.42 Å². The van der Waals surface area contributed by atoms with Gasteiger partial charge in [0.25, 0.3) is 0 Å². The van der Waals surface area contributed by atoms with Gasteiger partial charge in [0.1, 0.15) is 15.6 Å². The maximum absolute atomic E-state index is 11.7. The van der Waals surface area contributed by atoms with Crippen molar-refractivity contribution in [3.8, 4) is 5.75 Å².